The van der Waals surface area contributed by atoms with Crippen molar-refractivity contribution in [2.24, 2.45) is 5.92 Å². The molecule has 0 aliphatic carbocycles. The largest absolute Gasteiger partial charge is 0.356 e. The lowest BCUT2D eigenvalue weighted by atomic mass is 9.95. The number of nitrogens with one attached hydrogen (secondary N) is 1. The fourth-order valence-corrected chi connectivity index (χ4v) is 4.09. The van der Waals surface area contributed by atoms with Crippen LogP contribution < -0.4 is 5.32 Å². The van der Waals surface area contributed by atoms with Crippen LogP contribution in [0.5, 0.6) is 0 Å². The Kier molecular flexibility index (Phi) is 7.53. The van der Waals surface area contributed by atoms with Crippen molar-refractivity contribution >= 4 is 23.4 Å². The van der Waals surface area contributed by atoms with Gasteiger partial charge in [0.1, 0.15) is 0 Å². The molecule has 0 spiro atoms. The van der Waals surface area contributed by atoms with E-state index in [2.05, 4.69) is 10.2 Å². The van der Waals surface area contributed by atoms with Crippen molar-refractivity contribution in [2.45, 2.75) is 38.5 Å². The first-order valence-corrected chi connectivity index (χ1v) is 10.6. The SMILES string of the molecule is O=C(NCCCN1CCCCC1)C1CCN(C(=O)c2ccc(Cl)cc2)CC1. The summed E-state index contributed by atoms with van der Waals surface area (Å²) in [4.78, 5) is 29.2. The van der Waals surface area contributed by atoms with Crippen LogP contribution in [0.3, 0.4) is 0 Å². The highest BCUT2D eigenvalue weighted by molar-refractivity contribution is 6.30. The molecule has 5 nitrogen and oxygen atoms in total. The van der Waals surface area contributed by atoms with Crippen LogP contribution in [-0.2, 0) is 4.79 Å². The van der Waals surface area contributed by atoms with Crippen molar-refractivity contribution in [3.05, 3.63) is 34.9 Å². The van der Waals surface area contributed by atoms with E-state index in [-0.39, 0.29) is 17.7 Å². The zero-order chi connectivity index (χ0) is 19.1. The molecule has 0 aromatic heterocycles. The van der Waals surface area contributed by atoms with Gasteiger partial charge in [0.05, 0.1) is 0 Å². The van der Waals surface area contributed by atoms with Crippen molar-refractivity contribution in [1.82, 2.24) is 15.1 Å². The predicted octanol–water partition coefficient (Wildman–Crippen LogP) is 3.18. The average Bonchev–Trinajstić information content (AvgIpc) is 2.72. The first-order valence-electron chi connectivity index (χ1n) is 10.2. The third-order valence-electron chi connectivity index (χ3n) is 5.64. The lowest BCUT2D eigenvalue weighted by Crippen LogP contribution is -2.43. The van der Waals surface area contributed by atoms with Gasteiger partial charge >= 0.3 is 0 Å². The van der Waals surface area contributed by atoms with Gasteiger partial charge in [0.2, 0.25) is 5.91 Å². The van der Waals surface area contributed by atoms with E-state index >= 15 is 0 Å². The molecule has 6 heteroatoms. The van der Waals surface area contributed by atoms with Crippen LogP contribution in [0.4, 0.5) is 0 Å². The van der Waals surface area contributed by atoms with Gasteiger partial charge in [-0.2, -0.15) is 0 Å². The Balaban J connectivity index is 1.35. The number of hydrogen-bond acceptors (Lipinski definition) is 3. The number of nitrogens with zero attached hydrogens (tertiary/aromatic N) is 2. The van der Waals surface area contributed by atoms with E-state index in [0.29, 0.717) is 23.7 Å². The van der Waals surface area contributed by atoms with E-state index < -0.39 is 0 Å². The van der Waals surface area contributed by atoms with E-state index in [1.165, 1.54) is 32.4 Å². The van der Waals surface area contributed by atoms with Crippen LogP contribution in [0, 0.1) is 5.92 Å². The smallest absolute Gasteiger partial charge is 0.253 e. The Labute approximate surface area is 167 Å². The van der Waals surface area contributed by atoms with Crippen molar-refractivity contribution in [3.8, 4) is 0 Å². The van der Waals surface area contributed by atoms with E-state index in [1.54, 1.807) is 24.3 Å². The van der Waals surface area contributed by atoms with Gasteiger partial charge in [-0.3, -0.25) is 9.59 Å². The molecule has 2 amide bonds. The third-order valence-corrected chi connectivity index (χ3v) is 5.90. The minimum absolute atomic E-state index is 0.0204. The van der Waals surface area contributed by atoms with Gasteiger partial charge in [0, 0.05) is 36.1 Å². The number of rotatable bonds is 6. The molecule has 2 aliphatic rings. The highest BCUT2D eigenvalue weighted by Crippen LogP contribution is 2.20. The number of carbonyl (C=O) groups is 2. The number of hydrogen-bond donors (Lipinski definition) is 1. The first-order chi connectivity index (χ1) is 13.1. The zero-order valence-corrected chi connectivity index (χ0v) is 16.7. The van der Waals surface area contributed by atoms with Crippen LogP contribution in [-0.4, -0.2) is 60.9 Å². The lowest BCUT2D eigenvalue weighted by Gasteiger charge is -2.31. The average molecular weight is 392 g/mol. The molecular weight excluding hydrogens is 362 g/mol. The Morgan fingerprint density at radius 1 is 1.00 bits per heavy atom. The van der Waals surface area contributed by atoms with Crippen LogP contribution in [0.25, 0.3) is 0 Å². The Morgan fingerprint density at radius 3 is 2.33 bits per heavy atom. The summed E-state index contributed by atoms with van der Waals surface area (Å²) >= 11 is 5.88. The summed E-state index contributed by atoms with van der Waals surface area (Å²) in [5.41, 5.74) is 0.653. The molecule has 0 radical (unpaired) electrons. The molecule has 0 atom stereocenters. The number of amides is 2. The number of benzene rings is 1. The van der Waals surface area contributed by atoms with Crippen LogP contribution in [0.15, 0.2) is 24.3 Å². The summed E-state index contributed by atoms with van der Waals surface area (Å²) in [6, 6.07) is 6.98. The molecule has 2 heterocycles. The maximum atomic E-state index is 12.5. The van der Waals surface area contributed by atoms with Crippen molar-refractivity contribution in [3.63, 3.8) is 0 Å². The highest BCUT2D eigenvalue weighted by atomic mass is 35.5. The molecule has 0 bridgehead atoms. The second-order valence-electron chi connectivity index (χ2n) is 7.62. The second kappa shape index (κ2) is 10.1. The number of likely N-dealkylation sites (tertiary alicyclic amines) is 2. The van der Waals surface area contributed by atoms with Gasteiger partial charge < -0.3 is 15.1 Å². The van der Waals surface area contributed by atoms with E-state index in [1.807, 2.05) is 4.90 Å². The fraction of sp³-hybridized carbons (Fsp3) is 0.619. The van der Waals surface area contributed by atoms with Crippen molar-refractivity contribution in [2.75, 3.05) is 39.3 Å². The van der Waals surface area contributed by atoms with Crippen LogP contribution in [0.2, 0.25) is 5.02 Å². The summed E-state index contributed by atoms with van der Waals surface area (Å²) in [5, 5.41) is 3.72. The van der Waals surface area contributed by atoms with Gasteiger partial charge in [-0.15, -0.1) is 0 Å². The maximum absolute atomic E-state index is 12.5. The van der Waals surface area contributed by atoms with Gasteiger partial charge in [-0.05, 0) is 76.0 Å². The molecular formula is C21H30ClN3O2. The van der Waals surface area contributed by atoms with Gasteiger partial charge in [-0.1, -0.05) is 18.0 Å². The minimum Gasteiger partial charge on any atom is -0.356 e. The second-order valence-corrected chi connectivity index (χ2v) is 8.06. The summed E-state index contributed by atoms with van der Waals surface area (Å²) in [5.74, 6) is 0.188. The quantitative estimate of drug-likeness (QED) is 0.758. The van der Waals surface area contributed by atoms with Crippen molar-refractivity contribution < 1.29 is 9.59 Å². The normalized spacial score (nSPS) is 19.1. The van der Waals surface area contributed by atoms with E-state index in [4.69, 9.17) is 11.6 Å². The third kappa shape index (κ3) is 5.94. The van der Waals surface area contributed by atoms with Crippen LogP contribution >= 0.6 is 11.6 Å². The Morgan fingerprint density at radius 2 is 1.67 bits per heavy atom. The zero-order valence-electron chi connectivity index (χ0n) is 16.0. The molecule has 2 aliphatic heterocycles. The molecule has 27 heavy (non-hydrogen) atoms. The lowest BCUT2D eigenvalue weighted by molar-refractivity contribution is -0.126. The van der Waals surface area contributed by atoms with E-state index in [9.17, 15) is 9.59 Å². The topological polar surface area (TPSA) is 52.7 Å². The summed E-state index contributed by atoms with van der Waals surface area (Å²) in [7, 11) is 0. The highest BCUT2D eigenvalue weighted by Gasteiger charge is 2.27. The summed E-state index contributed by atoms with van der Waals surface area (Å²) in [6.45, 7) is 5.50. The Hall–Kier alpha value is -1.59. The molecule has 3 rings (SSSR count). The minimum atomic E-state index is 0.0204. The first kappa shape index (κ1) is 20.2. The fourth-order valence-electron chi connectivity index (χ4n) is 3.96. The monoisotopic (exact) mass is 391 g/mol. The molecule has 1 N–H and O–H groups in total. The molecule has 148 valence electrons. The van der Waals surface area contributed by atoms with Gasteiger partial charge in [0.15, 0.2) is 0 Å². The number of piperidine rings is 2. The van der Waals surface area contributed by atoms with E-state index in [0.717, 1.165) is 32.4 Å². The Bertz CT molecular complexity index is 621. The molecule has 1 aromatic rings. The molecule has 0 saturated carbocycles. The molecule has 0 unspecified atom stereocenters. The van der Waals surface area contributed by atoms with Crippen LogP contribution in [0.1, 0.15) is 48.9 Å². The summed E-state index contributed by atoms with van der Waals surface area (Å²) < 4.78 is 0. The standard InChI is InChI=1S/C21H30ClN3O2/c22-19-7-5-18(6-8-19)21(27)25-15-9-17(10-16-25)20(26)23-11-4-14-24-12-2-1-3-13-24/h5-8,17H,1-4,9-16H2,(H,23,26). The summed E-state index contributed by atoms with van der Waals surface area (Å²) in [6.07, 6.45) is 6.44. The van der Waals surface area contributed by atoms with Gasteiger partial charge in [-0.25, -0.2) is 0 Å². The van der Waals surface area contributed by atoms with Gasteiger partial charge in [0.25, 0.3) is 5.91 Å². The molecule has 2 fully saturated rings. The predicted molar refractivity (Wildman–Crippen MR) is 108 cm³/mol. The number of halogens is 1. The van der Waals surface area contributed by atoms with Crippen molar-refractivity contribution in [1.29, 1.82) is 0 Å². The molecule has 2 saturated heterocycles. The molecule has 1 aromatic carbocycles. The maximum Gasteiger partial charge on any atom is 0.253 e. The number of carbonyl (C=O) groups excluding carboxylic acids is 2.